The van der Waals surface area contributed by atoms with Crippen LogP contribution in [0.25, 0.3) is 11.1 Å². The maximum absolute atomic E-state index is 12.9. The number of urea groups is 1. The van der Waals surface area contributed by atoms with Crippen molar-refractivity contribution >= 4 is 29.2 Å². The quantitative estimate of drug-likeness (QED) is 0.628. The number of nitrogens with zero attached hydrogens (tertiary/aromatic N) is 2. The third-order valence-electron chi connectivity index (χ3n) is 5.35. The van der Waals surface area contributed by atoms with Crippen LogP contribution in [0.5, 0.6) is 0 Å². The normalized spacial score (nSPS) is 16.0. The molecule has 0 spiro atoms. The molecule has 1 atom stereocenters. The predicted molar refractivity (Wildman–Crippen MR) is 121 cm³/mol. The topological polar surface area (TPSA) is 69.7 Å². The fourth-order valence-electron chi connectivity index (χ4n) is 3.71. The Hall–Kier alpha value is -3.93. The Morgan fingerprint density at radius 3 is 2.26 bits per heavy atom. The Morgan fingerprint density at radius 1 is 0.903 bits per heavy atom. The first-order chi connectivity index (χ1) is 15.0. The van der Waals surface area contributed by atoms with Gasteiger partial charge in [0.15, 0.2) is 0 Å². The Balaban J connectivity index is 1.51. The highest BCUT2D eigenvalue weighted by atomic mass is 16.2. The van der Waals surface area contributed by atoms with Crippen molar-refractivity contribution in [2.75, 3.05) is 16.8 Å². The van der Waals surface area contributed by atoms with Gasteiger partial charge < -0.3 is 5.32 Å². The Morgan fingerprint density at radius 2 is 1.55 bits per heavy atom. The molecule has 1 aliphatic rings. The second-order valence-corrected chi connectivity index (χ2v) is 7.55. The van der Waals surface area contributed by atoms with Crippen molar-refractivity contribution < 1.29 is 14.4 Å². The van der Waals surface area contributed by atoms with E-state index < -0.39 is 23.9 Å². The van der Waals surface area contributed by atoms with Crippen LogP contribution in [-0.4, -0.2) is 35.3 Å². The molecule has 6 heteroatoms. The summed E-state index contributed by atoms with van der Waals surface area (Å²) in [7, 11) is 0. The van der Waals surface area contributed by atoms with Crippen LogP contribution in [-0.2, 0) is 9.59 Å². The molecule has 1 fully saturated rings. The van der Waals surface area contributed by atoms with Crippen LogP contribution in [0, 0.1) is 6.92 Å². The monoisotopic (exact) mass is 413 g/mol. The number of anilines is 2. The summed E-state index contributed by atoms with van der Waals surface area (Å²) >= 11 is 0. The maximum atomic E-state index is 12.9. The number of para-hydroxylation sites is 1. The summed E-state index contributed by atoms with van der Waals surface area (Å²) in [6, 6.07) is 23.4. The molecule has 6 nitrogen and oxygen atoms in total. The van der Waals surface area contributed by atoms with Crippen LogP contribution in [0.3, 0.4) is 0 Å². The third kappa shape index (κ3) is 4.05. The van der Waals surface area contributed by atoms with Crippen molar-refractivity contribution in [1.82, 2.24) is 4.90 Å². The number of benzene rings is 3. The number of rotatable bonds is 5. The van der Waals surface area contributed by atoms with Gasteiger partial charge in [-0.25, -0.2) is 4.79 Å². The molecule has 1 N–H and O–H groups in total. The van der Waals surface area contributed by atoms with E-state index in [2.05, 4.69) is 5.32 Å². The second kappa shape index (κ2) is 8.44. The number of hydrogen-bond donors (Lipinski definition) is 1. The van der Waals surface area contributed by atoms with E-state index in [9.17, 15) is 14.4 Å². The second-order valence-electron chi connectivity index (χ2n) is 7.55. The standard InChI is InChI=1S/C25H23N3O3/c1-17-12-14-20(15-13-17)28-18(2)24(30)27(25(28)31)16-23(29)26-22-11-7-6-10-21(22)19-8-4-3-5-9-19/h3-15,18H,16H2,1-2H3,(H,26,29)/t18-/m0/s1. The molecule has 3 aromatic carbocycles. The molecule has 1 aliphatic heterocycles. The fraction of sp³-hybridized carbons (Fsp3) is 0.160. The Kier molecular flexibility index (Phi) is 5.54. The number of carbonyl (C=O) groups is 3. The lowest BCUT2D eigenvalue weighted by atomic mass is 10.0. The summed E-state index contributed by atoms with van der Waals surface area (Å²) in [5.74, 6) is -0.819. The Labute approximate surface area is 181 Å². The SMILES string of the molecule is Cc1ccc(N2C(=O)N(CC(=O)Nc3ccccc3-c3ccccc3)C(=O)[C@@H]2C)cc1. The summed E-state index contributed by atoms with van der Waals surface area (Å²) in [6.07, 6.45) is 0. The average Bonchev–Trinajstić information content (AvgIpc) is 2.98. The van der Waals surface area contributed by atoms with Gasteiger partial charge in [-0.3, -0.25) is 19.4 Å². The molecule has 31 heavy (non-hydrogen) atoms. The molecular formula is C25H23N3O3. The highest BCUT2D eigenvalue weighted by molar-refractivity contribution is 6.16. The van der Waals surface area contributed by atoms with Crippen LogP contribution in [0.15, 0.2) is 78.9 Å². The average molecular weight is 413 g/mol. The number of nitrogens with one attached hydrogen (secondary N) is 1. The van der Waals surface area contributed by atoms with Crippen molar-refractivity contribution in [3.05, 3.63) is 84.4 Å². The molecule has 1 heterocycles. The van der Waals surface area contributed by atoms with Crippen LogP contribution < -0.4 is 10.2 Å². The van der Waals surface area contributed by atoms with Gasteiger partial charge in [0.25, 0.3) is 5.91 Å². The van der Waals surface area contributed by atoms with Gasteiger partial charge in [0, 0.05) is 16.9 Å². The predicted octanol–water partition coefficient (Wildman–Crippen LogP) is 4.46. The lowest BCUT2D eigenvalue weighted by Gasteiger charge is -2.19. The van der Waals surface area contributed by atoms with Gasteiger partial charge in [-0.05, 0) is 37.6 Å². The molecule has 0 radical (unpaired) electrons. The van der Waals surface area contributed by atoms with Gasteiger partial charge in [0.05, 0.1) is 0 Å². The molecule has 4 rings (SSSR count). The minimum atomic E-state index is -0.667. The molecule has 0 unspecified atom stereocenters. The van der Waals surface area contributed by atoms with E-state index in [0.29, 0.717) is 11.4 Å². The first-order valence-electron chi connectivity index (χ1n) is 10.1. The molecule has 0 aromatic heterocycles. The first-order valence-corrected chi connectivity index (χ1v) is 10.1. The van der Waals surface area contributed by atoms with Gasteiger partial charge in [-0.15, -0.1) is 0 Å². The highest BCUT2D eigenvalue weighted by Crippen LogP contribution is 2.28. The number of hydrogen-bond acceptors (Lipinski definition) is 3. The van der Waals surface area contributed by atoms with Crippen LogP contribution >= 0.6 is 0 Å². The van der Waals surface area contributed by atoms with Gasteiger partial charge in [-0.1, -0.05) is 66.2 Å². The maximum Gasteiger partial charge on any atom is 0.332 e. The van der Waals surface area contributed by atoms with E-state index in [1.807, 2.05) is 67.6 Å². The van der Waals surface area contributed by atoms with Gasteiger partial charge in [0.1, 0.15) is 12.6 Å². The van der Waals surface area contributed by atoms with Crippen molar-refractivity contribution in [3.63, 3.8) is 0 Å². The summed E-state index contributed by atoms with van der Waals surface area (Å²) in [5.41, 5.74) is 4.15. The molecule has 0 saturated carbocycles. The molecule has 0 bridgehead atoms. The first kappa shape index (κ1) is 20.3. The zero-order valence-corrected chi connectivity index (χ0v) is 17.4. The number of amides is 4. The summed E-state index contributed by atoms with van der Waals surface area (Å²) in [5, 5.41) is 2.85. The largest absolute Gasteiger partial charge is 0.332 e. The van der Waals surface area contributed by atoms with Crippen molar-refractivity contribution in [2.45, 2.75) is 19.9 Å². The molecule has 4 amide bonds. The van der Waals surface area contributed by atoms with E-state index in [0.717, 1.165) is 21.6 Å². The van der Waals surface area contributed by atoms with E-state index in [4.69, 9.17) is 0 Å². The van der Waals surface area contributed by atoms with Crippen molar-refractivity contribution in [2.24, 2.45) is 0 Å². The lowest BCUT2D eigenvalue weighted by molar-refractivity contribution is -0.130. The molecule has 0 aliphatic carbocycles. The van der Waals surface area contributed by atoms with Crippen molar-refractivity contribution in [3.8, 4) is 11.1 Å². The number of carbonyl (C=O) groups excluding carboxylic acids is 3. The van der Waals surface area contributed by atoms with E-state index >= 15 is 0 Å². The van der Waals surface area contributed by atoms with Gasteiger partial charge in [-0.2, -0.15) is 0 Å². The van der Waals surface area contributed by atoms with E-state index in [-0.39, 0.29) is 6.54 Å². The van der Waals surface area contributed by atoms with Gasteiger partial charge in [0.2, 0.25) is 5.91 Å². The van der Waals surface area contributed by atoms with E-state index in [1.165, 1.54) is 4.90 Å². The van der Waals surface area contributed by atoms with Crippen LogP contribution in [0.2, 0.25) is 0 Å². The fourth-order valence-corrected chi connectivity index (χ4v) is 3.71. The van der Waals surface area contributed by atoms with Crippen LogP contribution in [0.4, 0.5) is 16.2 Å². The molecule has 3 aromatic rings. The summed E-state index contributed by atoms with van der Waals surface area (Å²) in [4.78, 5) is 40.9. The smallest absolute Gasteiger partial charge is 0.324 e. The minimum absolute atomic E-state index is 0.340. The third-order valence-corrected chi connectivity index (χ3v) is 5.35. The van der Waals surface area contributed by atoms with Gasteiger partial charge >= 0.3 is 6.03 Å². The zero-order valence-electron chi connectivity index (χ0n) is 17.4. The molecule has 156 valence electrons. The highest BCUT2D eigenvalue weighted by Gasteiger charge is 2.44. The molecule has 1 saturated heterocycles. The van der Waals surface area contributed by atoms with Crippen LogP contribution in [0.1, 0.15) is 12.5 Å². The lowest BCUT2D eigenvalue weighted by Crippen LogP contribution is -2.39. The summed E-state index contributed by atoms with van der Waals surface area (Å²) < 4.78 is 0. The number of aryl methyl sites for hydroxylation is 1. The molecular weight excluding hydrogens is 390 g/mol. The minimum Gasteiger partial charge on any atom is -0.324 e. The van der Waals surface area contributed by atoms with E-state index in [1.54, 1.807) is 25.1 Å². The van der Waals surface area contributed by atoms with Crippen molar-refractivity contribution in [1.29, 1.82) is 0 Å². The number of imide groups is 1. The zero-order chi connectivity index (χ0) is 22.0. The Bertz CT molecular complexity index is 1130. The summed E-state index contributed by atoms with van der Waals surface area (Å²) in [6.45, 7) is 3.28.